The van der Waals surface area contributed by atoms with E-state index in [1.165, 1.54) is 0 Å². The van der Waals surface area contributed by atoms with Gasteiger partial charge in [-0.05, 0) is 25.0 Å². The number of pyridine rings is 1. The van der Waals surface area contributed by atoms with Crippen molar-refractivity contribution in [3.63, 3.8) is 0 Å². The van der Waals surface area contributed by atoms with E-state index in [0.29, 0.717) is 50.0 Å². The van der Waals surface area contributed by atoms with Crippen molar-refractivity contribution in [2.75, 3.05) is 18.1 Å². The van der Waals surface area contributed by atoms with Crippen molar-refractivity contribution < 1.29 is 14.1 Å². The fourth-order valence-corrected chi connectivity index (χ4v) is 2.65. The van der Waals surface area contributed by atoms with Gasteiger partial charge in [-0.2, -0.15) is 4.98 Å². The van der Waals surface area contributed by atoms with Gasteiger partial charge in [0, 0.05) is 24.5 Å². The lowest BCUT2D eigenvalue weighted by molar-refractivity contribution is -0.119. The first-order valence-corrected chi connectivity index (χ1v) is 8.57. The minimum atomic E-state index is -0.139. The van der Waals surface area contributed by atoms with Crippen molar-refractivity contribution in [2.45, 2.75) is 52.4 Å². The van der Waals surface area contributed by atoms with Gasteiger partial charge in [0.05, 0.1) is 6.54 Å². The second-order valence-electron chi connectivity index (χ2n) is 7.35. The van der Waals surface area contributed by atoms with Crippen LogP contribution in [-0.4, -0.2) is 34.2 Å². The van der Waals surface area contributed by atoms with Crippen molar-refractivity contribution in [3.8, 4) is 5.88 Å². The number of anilines is 1. The number of aryl methyl sites for hydroxylation is 2. The quantitative estimate of drug-likeness (QED) is 0.848. The van der Waals surface area contributed by atoms with E-state index in [-0.39, 0.29) is 11.3 Å². The number of ether oxygens (including phenoxy) is 1. The molecule has 0 bridgehead atoms. The molecule has 7 nitrogen and oxygen atoms in total. The van der Waals surface area contributed by atoms with E-state index in [2.05, 4.69) is 15.1 Å². The van der Waals surface area contributed by atoms with Gasteiger partial charge in [-0.3, -0.25) is 4.79 Å². The molecular weight excluding hydrogens is 320 g/mol. The zero-order chi connectivity index (χ0) is 18.0. The maximum atomic E-state index is 12.6. The molecule has 0 radical (unpaired) electrons. The minimum Gasteiger partial charge on any atom is -0.474 e. The second-order valence-corrected chi connectivity index (χ2v) is 7.35. The van der Waals surface area contributed by atoms with Crippen molar-refractivity contribution in [1.29, 1.82) is 0 Å². The fourth-order valence-electron chi connectivity index (χ4n) is 2.65. The molecule has 3 heterocycles. The average Bonchev–Trinajstić information content (AvgIpc) is 3.03. The van der Waals surface area contributed by atoms with Gasteiger partial charge in [0.15, 0.2) is 5.82 Å². The van der Waals surface area contributed by atoms with Gasteiger partial charge in [0.1, 0.15) is 12.3 Å². The van der Waals surface area contributed by atoms with Crippen LogP contribution in [0.2, 0.25) is 0 Å². The molecule has 0 saturated carbocycles. The van der Waals surface area contributed by atoms with E-state index in [0.717, 1.165) is 11.3 Å². The molecule has 0 N–H and O–H groups in total. The molecule has 0 aromatic carbocycles. The largest absolute Gasteiger partial charge is 0.474 e. The van der Waals surface area contributed by atoms with E-state index in [1.807, 2.05) is 33.8 Å². The molecule has 1 aliphatic heterocycles. The Morgan fingerprint density at radius 1 is 1.36 bits per heavy atom. The van der Waals surface area contributed by atoms with Gasteiger partial charge >= 0.3 is 0 Å². The summed E-state index contributed by atoms with van der Waals surface area (Å²) in [5.74, 6) is 1.86. The predicted molar refractivity (Wildman–Crippen MR) is 92.8 cm³/mol. The first kappa shape index (κ1) is 17.4. The lowest BCUT2D eigenvalue weighted by atomic mass is 9.96. The second kappa shape index (κ2) is 6.82. The highest BCUT2D eigenvalue weighted by molar-refractivity contribution is 5.95. The number of carbonyl (C=O) groups excluding carboxylic acids is 1. The third-order valence-electron chi connectivity index (χ3n) is 4.03. The van der Waals surface area contributed by atoms with Crippen LogP contribution >= 0.6 is 0 Å². The molecule has 0 fully saturated rings. The Morgan fingerprint density at radius 3 is 2.88 bits per heavy atom. The molecule has 1 aliphatic rings. The lowest BCUT2D eigenvalue weighted by Crippen LogP contribution is -2.38. The number of hydrogen-bond donors (Lipinski definition) is 0. The van der Waals surface area contributed by atoms with Crippen molar-refractivity contribution >= 4 is 11.6 Å². The van der Waals surface area contributed by atoms with Crippen LogP contribution in [0.1, 0.15) is 50.9 Å². The van der Waals surface area contributed by atoms with Crippen LogP contribution in [0.5, 0.6) is 5.88 Å². The van der Waals surface area contributed by atoms with E-state index in [9.17, 15) is 4.79 Å². The molecular formula is C18H24N4O3. The number of hydrogen-bond acceptors (Lipinski definition) is 6. The molecule has 0 unspecified atom stereocenters. The predicted octanol–water partition coefficient (Wildman–Crippen LogP) is 2.82. The Labute approximate surface area is 147 Å². The third kappa shape index (κ3) is 3.97. The number of fused-ring (bicyclic) bond motifs is 1. The molecule has 0 atom stereocenters. The van der Waals surface area contributed by atoms with Gasteiger partial charge in [0.25, 0.3) is 0 Å². The number of nitrogens with zero attached hydrogens (tertiary/aromatic N) is 4. The Balaban J connectivity index is 1.59. The minimum absolute atomic E-state index is 0.0625. The van der Waals surface area contributed by atoms with Crippen LogP contribution < -0.4 is 9.64 Å². The molecule has 3 rings (SSSR count). The highest BCUT2D eigenvalue weighted by atomic mass is 16.5. The summed E-state index contributed by atoms with van der Waals surface area (Å²) >= 11 is 0. The molecule has 1 amide bonds. The van der Waals surface area contributed by atoms with Gasteiger partial charge in [-0.15, -0.1) is 0 Å². The van der Waals surface area contributed by atoms with Crippen molar-refractivity contribution in [2.24, 2.45) is 0 Å². The smallest absolute Gasteiger partial charge is 0.238 e. The average molecular weight is 344 g/mol. The molecule has 0 saturated heterocycles. The molecule has 0 spiro atoms. The number of aromatic nitrogens is 3. The number of carbonyl (C=O) groups is 1. The summed E-state index contributed by atoms with van der Waals surface area (Å²) < 4.78 is 10.8. The highest BCUT2D eigenvalue weighted by Gasteiger charge is 2.25. The Hall–Kier alpha value is -2.44. The van der Waals surface area contributed by atoms with Gasteiger partial charge in [-0.25, -0.2) is 4.98 Å². The zero-order valence-electron chi connectivity index (χ0n) is 15.2. The molecule has 134 valence electrons. The van der Waals surface area contributed by atoms with Crippen LogP contribution in [0, 0.1) is 6.92 Å². The van der Waals surface area contributed by atoms with Crippen LogP contribution in [0.25, 0.3) is 0 Å². The zero-order valence-corrected chi connectivity index (χ0v) is 15.2. The number of amides is 1. The molecule has 25 heavy (non-hydrogen) atoms. The first-order valence-electron chi connectivity index (χ1n) is 8.57. The summed E-state index contributed by atoms with van der Waals surface area (Å²) in [6, 6.07) is 1.94. The topological polar surface area (TPSA) is 81.4 Å². The summed E-state index contributed by atoms with van der Waals surface area (Å²) in [6.45, 7) is 9.08. The van der Waals surface area contributed by atoms with Gasteiger partial charge in [0.2, 0.25) is 17.7 Å². The van der Waals surface area contributed by atoms with Crippen molar-refractivity contribution in [3.05, 3.63) is 29.5 Å². The maximum absolute atomic E-state index is 12.6. The normalized spacial score (nSPS) is 14.2. The Morgan fingerprint density at radius 2 is 2.16 bits per heavy atom. The van der Waals surface area contributed by atoms with Crippen LogP contribution in [-0.2, 0) is 16.6 Å². The van der Waals surface area contributed by atoms with Crippen LogP contribution in [0.3, 0.4) is 0 Å². The van der Waals surface area contributed by atoms with E-state index in [1.54, 1.807) is 11.1 Å². The van der Waals surface area contributed by atoms with E-state index in [4.69, 9.17) is 9.26 Å². The molecule has 2 aromatic rings. The number of rotatable bonds is 4. The van der Waals surface area contributed by atoms with Crippen LogP contribution in [0.4, 0.5) is 5.69 Å². The fraction of sp³-hybridized carbons (Fsp3) is 0.556. The Kier molecular flexibility index (Phi) is 4.74. The standard InChI is InChI=1S/C18H24N4O3/c1-12-10-13-16(19-11-12)24-9-8-22(13)15(23)7-5-6-14-20-17(21-25-14)18(2,3)4/h10-11H,5-9H2,1-4H3. The molecule has 7 heteroatoms. The van der Waals surface area contributed by atoms with E-state index >= 15 is 0 Å². The summed E-state index contributed by atoms with van der Waals surface area (Å²) in [5.41, 5.74) is 1.62. The monoisotopic (exact) mass is 344 g/mol. The lowest BCUT2D eigenvalue weighted by Gasteiger charge is -2.28. The third-order valence-corrected chi connectivity index (χ3v) is 4.03. The summed E-state index contributed by atoms with van der Waals surface area (Å²) in [5, 5.41) is 4.01. The summed E-state index contributed by atoms with van der Waals surface area (Å²) in [7, 11) is 0. The van der Waals surface area contributed by atoms with Crippen LogP contribution in [0.15, 0.2) is 16.8 Å². The SMILES string of the molecule is Cc1cnc2c(c1)N(C(=O)CCCc1nc(C(C)(C)C)no1)CCO2. The maximum Gasteiger partial charge on any atom is 0.238 e. The summed E-state index contributed by atoms with van der Waals surface area (Å²) in [6.07, 6.45) is 3.42. The Bertz CT molecular complexity index is 764. The van der Waals surface area contributed by atoms with Gasteiger partial charge < -0.3 is 14.2 Å². The molecule has 0 aliphatic carbocycles. The summed E-state index contributed by atoms with van der Waals surface area (Å²) in [4.78, 5) is 23.0. The van der Waals surface area contributed by atoms with E-state index < -0.39 is 0 Å². The van der Waals surface area contributed by atoms with Gasteiger partial charge in [-0.1, -0.05) is 25.9 Å². The highest BCUT2D eigenvalue weighted by Crippen LogP contribution is 2.30. The first-order chi connectivity index (χ1) is 11.8. The van der Waals surface area contributed by atoms with Crippen molar-refractivity contribution in [1.82, 2.24) is 15.1 Å². The molecule has 2 aromatic heterocycles.